The van der Waals surface area contributed by atoms with Gasteiger partial charge in [0.05, 0.1) is 12.2 Å². The van der Waals surface area contributed by atoms with Crippen LogP contribution in [0.4, 0.5) is 5.82 Å². The van der Waals surface area contributed by atoms with Crippen molar-refractivity contribution in [2.75, 3.05) is 5.32 Å². The zero-order valence-electron chi connectivity index (χ0n) is 7.14. The maximum Gasteiger partial charge on any atom is 0.148 e. The highest BCUT2D eigenvalue weighted by Crippen LogP contribution is 2.04. The van der Waals surface area contributed by atoms with Crippen LogP contribution in [0.1, 0.15) is 5.69 Å². The molecule has 6 heteroatoms. The van der Waals surface area contributed by atoms with Gasteiger partial charge in [0.15, 0.2) is 0 Å². The summed E-state index contributed by atoms with van der Waals surface area (Å²) in [4.78, 5) is 0. The number of aromatic nitrogens is 4. The Balaban J connectivity index is 1.93. The lowest BCUT2D eigenvalue weighted by Gasteiger charge is -1.97. The highest BCUT2D eigenvalue weighted by Gasteiger charge is 1.97. The van der Waals surface area contributed by atoms with Crippen molar-refractivity contribution in [3.63, 3.8) is 0 Å². The minimum Gasteiger partial charge on any atom is -0.363 e. The van der Waals surface area contributed by atoms with Gasteiger partial charge >= 0.3 is 0 Å². The number of anilines is 1. The van der Waals surface area contributed by atoms with Crippen molar-refractivity contribution in [3.8, 4) is 0 Å². The van der Waals surface area contributed by atoms with Gasteiger partial charge in [-0.25, -0.2) is 0 Å². The molecule has 1 N–H and O–H groups in total. The Morgan fingerprint density at radius 3 is 3.15 bits per heavy atom. The number of rotatable bonds is 3. The van der Waals surface area contributed by atoms with Gasteiger partial charge in [-0.2, -0.15) is 5.10 Å². The van der Waals surface area contributed by atoms with Gasteiger partial charge in [-0.05, 0) is 11.5 Å². The van der Waals surface area contributed by atoms with E-state index in [1.807, 2.05) is 24.7 Å². The fraction of sp³-hybridized carbons (Fsp3) is 0.286. The van der Waals surface area contributed by atoms with E-state index >= 15 is 0 Å². The molecule has 0 saturated carbocycles. The maximum atomic E-state index is 4.17. The van der Waals surface area contributed by atoms with E-state index in [-0.39, 0.29) is 0 Å². The second-order valence-electron chi connectivity index (χ2n) is 2.62. The van der Waals surface area contributed by atoms with Crippen LogP contribution >= 0.6 is 11.5 Å². The van der Waals surface area contributed by atoms with Gasteiger partial charge in [-0.1, -0.05) is 4.49 Å². The molecule has 0 radical (unpaired) electrons. The summed E-state index contributed by atoms with van der Waals surface area (Å²) < 4.78 is 5.52. The third-order valence-electron chi connectivity index (χ3n) is 1.57. The van der Waals surface area contributed by atoms with E-state index in [0.717, 1.165) is 11.5 Å². The van der Waals surface area contributed by atoms with Gasteiger partial charge in [0.25, 0.3) is 0 Å². The highest BCUT2D eigenvalue weighted by molar-refractivity contribution is 7.03. The van der Waals surface area contributed by atoms with E-state index in [1.54, 1.807) is 4.68 Å². The molecular formula is C7H9N5S. The topological polar surface area (TPSA) is 55.6 Å². The molecule has 2 aromatic heterocycles. The summed E-state index contributed by atoms with van der Waals surface area (Å²) in [6, 6.07) is 1.92. The minimum atomic E-state index is 0.674. The number of hydrogen-bond acceptors (Lipinski definition) is 5. The first-order valence-corrected chi connectivity index (χ1v) is 4.68. The molecule has 13 heavy (non-hydrogen) atoms. The van der Waals surface area contributed by atoms with Crippen LogP contribution in [0.2, 0.25) is 0 Å². The molecule has 68 valence electrons. The Bertz CT molecular complexity index is 366. The quantitative estimate of drug-likeness (QED) is 0.790. The van der Waals surface area contributed by atoms with E-state index < -0.39 is 0 Å². The lowest BCUT2D eigenvalue weighted by atomic mass is 10.5. The van der Waals surface area contributed by atoms with Gasteiger partial charge in [-0.3, -0.25) is 4.68 Å². The minimum absolute atomic E-state index is 0.674. The van der Waals surface area contributed by atoms with E-state index in [2.05, 4.69) is 20.0 Å². The molecule has 0 unspecified atom stereocenters. The van der Waals surface area contributed by atoms with Crippen LogP contribution < -0.4 is 5.32 Å². The summed E-state index contributed by atoms with van der Waals surface area (Å²) in [5.74, 6) is 0.857. The summed E-state index contributed by atoms with van der Waals surface area (Å²) in [6.45, 7) is 0.674. The summed E-state index contributed by atoms with van der Waals surface area (Å²) in [7, 11) is 1.88. The van der Waals surface area contributed by atoms with Crippen LogP contribution in [0.5, 0.6) is 0 Å². The third kappa shape index (κ3) is 2.03. The van der Waals surface area contributed by atoms with Crippen molar-refractivity contribution in [2.45, 2.75) is 6.54 Å². The van der Waals surface area contributed by atoms with Crippen molar-refractivity contribution in [3.05, 3.63) is 23.3 Å². The summed E-state index contributed by atoms with van der Waals surface area (Å²) in [5.41, 5.74) is 0.940. The average molecular weight is 195 g/mol. The second kappa shape index (κ2) is 3.53. The molecule has 0 fully saturated rings. The largest absolute Gasteiger partial charge is 0.363 e. The third-order valence-corrected chi connectivity index (χ3v) is 2.12. The Kier molecular flexibility index (Phi) is 2.22. The number of hydrogen-bond donors (Lipinski definition) is 1. The van der Waals surface area contributed by atoms with Crippen LogP contribution in [0.25, 0.3) is 0 Å². The summed E-state index contributed by atoms with van der Waals surface area (Å²) >= 11 is 1.35. The smallest absolute Gasteiger partial charge is 0.148 e. The van der Waals surface area contributed by atoms with Crippen molar-refractivity contribution in [1.82, 2.24) is 19.4 Å². The molecular weight excluding hydrogens is 186 g/mol. The van der Waals surface area contributed by atoms with Gasteiger partial charge in [0.1, 0.15) is 5.82 Å². The van der Waals surface area contributed by atoms with Crippen LogP contribution in [0.15, 0.2) is 17.6 Å². The zero-order chi connectivity index (χ0) is 9.10. The molecule has 0 aliphatic rings. The van der Waals surface area contributed by atoms with E-state index in [0.29, 0.717) is 6.54 Å². The first-order valence-electron chi connectivity index (χ1n) is 3.84. The van der Waals surface area contributed by atoms with Crippen LogP contribution in [-0.4, -0.2) is 19.4 Å². The SMILES string of the molecule is Cn1ccc(NCc2csnn2)n1. The molecule has 2 rings (SSSR count). The normalized spacial score (nSPS) is 10.2. The van der Waals surface area contributed by atoms with Crippen LogP contribution in [0.3, 0.4) is 0 Å². The number of nitrogens with zero attached hydrogens (tertiary/aromatic N) is 4. The molecule has 2 heterocycles. The van der Waals surface area contributed by atoms with Gasteiger partial charge in [0, 0.05) is 24.7 Å². The predicted molar refractivity (Wildman–Crippen MR) is 50.4 cm³/mol. The molecule has 5 nitrogen and oxygen atoms in total. The summed E-state index contributed by atoms with van der Waals surface area (Å²) in [5, 5.41) is 13.1. The Hall–Kier alpha value is -1.43. The van der Waals surface area contributed by atoms with E-state index in [1.165, 1.54) is 11.5 Å². The van der Waals surface area contributed by atoms with E-state index in [9.17, 15) is 0 Å². The Morgan fingerprint density at radius 2 is 2.54 bits per heavy atom. The molecule has 0 amide bonds. The van der Waals surface area contributed by atoms with Crippen LogP contribution in [-0.2, 0) is 13.6 Å². The van der Waals surface area contributed by atoms with Gasteiger partial charge < -0.3 is 5.32 Å². The molecule has 0 aliphatic carbocycles. The molecule has 0 spiro atoms. The summed E-state index contributed by atoms with van der Waals surface area (Å²) in [6.07, 6.45) is 1.89. The van der Waals surface area contributed by atoms with Crippen molar-refractivity contribution in [1.29, 1.82) is 0 Å². The molecule has 0 aliphatic heterocycles. The fourth-order valence-electron chi connectivity index (χ4n) is 0.951. The first-order chi connectivity index (χ1) is 6.34. The second-order valence-corrected chi connectivity index (χ2v) is 3.23. The van der Waals surface area contributed by atoms with Crippen LogP contribution in [0, 0.1) is 0 Å². The van der Waals surface area contributed by atoms with Crippen molar-refractivity contribution in [2.24, 2.45) is 7.05 Å². The lowest BCUT2D eigenvalue weighted by molar-refractivity contribution is 0.767. The molecule has 0 atom stereocenters. The number of nitrogens with one attached hydrogen (secondary N) is 1. The predicted octanol–water partition coefficient (Wildman–Crippen LogP) is 0.884. The zero-order valence-corrected chi connectivity index (χ0v) is 7.95. The first kappa shape index (κ1) is 8.18. The van der Waals surface area contributed by atoms with Gasteiger partial charge in [-0.15, -0.1) is 5.10 Å². The Labute approximate surface area is 79.6 Å². The maximum absolute atomic E-state index is 4.17. The monoisotopic (exact) mass is 195 g/mol. The molecule has 0 bridgehead atoms. The number of aryl methyl sites for hydroxylation is 1. The van der Waals surface area contributed by atoms with Crippen molar-refractivity contribution < 1.29 is 0 Å². The fourth-order valence-corrected chi connectivity index (χ4v) is 1.40. The van der Waals surface area contributed by atoms with Crippen molar-refractivity contribution >= 4 is 17.4 Å². The van der Waals surface area contributed by atoms with Gasteiger partial charge in [0.2, 0.25) is 0 Å². The molecule has 0 saturated heterocycles. The lowest BCUT2D eigenvalue weighted by Crippen LogP contribution is -2.01. The van der Waals surface area contributed by atoms with E-state index in [4.69, 9.17) is 0 Å². The Morgan fingerprint density at radius 1 is 1.62 bits per heavy atom. The highest BCUT2D eigenvalue weighted by atomic mass is 32.1. The standard InChI is InChI=1S/C7H9N5S/c1-12-3-2-7(10-12)8-4-6-5-13-11-9-6/h2-3,5H,4H2,1H3,(H,8,10). The average Bonchev–Trinajstić information content (AvgIpc) is 2.71. The molecule has 0 aromatic carbocycles. The molecule has 2 aromatic rings.